The van der Waals surface area contributed by atoms with Crippen LogP contribution in [0.5, 0.6) is 0 Å². The number of carbonyl (C=O) groups is 1. The van der Waals surface area contributed by atoms with Crippen molar-refractivity contribution in [2.45, 2.75) is 25.5 Å². The number of carbonyl (C=O) groups excluding carboxylic acids is 1. The minimum Gasteiger partial charge on any atom is -0.336 e. The molecule has 2 rings (SSSR count). The molecular formula is C14H17ClN4O3S. The van der Waals surface area contributed by atoms with Crippen molar-refractivity contribution in [3.63, 3.8) is 0 Å². The zero-order valence-corrected chi connectivity index (χ0v) is 14.4. The fourth-order valence-electron chi connectivity index (χ4n) is 2.09. The van der Waals surface area contributed by atoms with E-state index in [1.165, 1.54) is 23.9 Å². The molecule has 0 aromatic heterocycles. The van der Waals surface area contributed by atoms with Crippen LogP contribution in [0, 0.1) is 10.1 Å². The number of hydrogen-bond acceptors (Lipinski definition) is 4. The molecule has 1 saturated heterocycles. The molecule has 1 heterocycles. The molecule has 2 amide bonds. The fraction of sp³-hybridized carbons (Fsp3) is 0.429. The second-order valence-electron chi connectivity index (χ2n) is 5.06. The third kappa shape index (κ3) is 4.35. The first-order valence-corrected chi connectivity index (χ1v) is 8.42. The first kappa shape index (κ1) is 17.6. The Hall–Kier alpha value is -1.80. The summed E-state index contributed by atoms with van der Waals surface area (Å²) in [6.07, 6.45) is 0.831. The lowest BCUT2D eigenvalue weighted by Gasteiger charge is -2.19. The Morgan fingerprint density at radius 1 is 1.61 bits per heavy atom. The highest BCUT2D eigenvalue weighted by Crippen LogP contribution is 2.36. The number of non-ortho nitro benzene ring substituents is 1. The van der Waals surface area contributed by atoms with Gasteiger partial charge in [0.1, 0.15) is 0 Å². The van der Waals surface area contributed by atoms with E-state index >= 15 is 0 Å². The van der Waals surface area contributed by atoms with Crippen LogP contribution in [0.1, 0.15) is 20.3 Å². The Morgan fingerprint density at radius 2 is 2.35 bits per heavy atom. The molecular weight excluding hydrogens is 340 g/mol. The van der Waals surface area contributed by atoms with Gasteiger partial charge in [-0.05, 0) is 12.5 Å². The lowest BCUT2D eigenvalue weighted by atomic mass is 10.2. The molecule has 0 aliphatic carbocycles. The predicted octanol–water partition coefficient (Wildman–Crippen LogP) is 3.67. The number of anilines is 1. The van der Waals surface area contributed by atoms with E-state index in [0.29, 0.717) is 23.9 Å². The van der Waals surface area contributed by atoms with Gasteiger partial charge >= 0.3 is 6.03 Å². The van der Waals surface area contributed by atoms with Crippen LogP contribution in [0.15, 0.2) is 23.2 Å². The second kappa shape index (κ2) is 7.65. The third-order valence-corrected chi connectivity index (χ3v) is 4.51. The van der Waals surface area contributed by atoms with Gasteiger partial charge in [-0.1, -0.05) is 37.2 Å². The molecule has 1 atom stereocenters. The molecule has 1 aromatic rings. The number of amides is 2. The van der Waals surface area contributed by atoms with E-state index in [9.17, 15) is 14.9 Å². The molecule has 1 aliphatic rings. The van der Waals surface area contributed by atoms with Crippen LogP contribution in [0.3, 0.4) is 0 Å². The Labute approximate surface area is 143 Å². The van der Waals surface area contributed by atoms with Gasteiger partial charge in [-0.2, -0.15) is 4.99 Å². The van der Waals surface area contributed by atoms with Crippen molar-refractivity contribution < 1.29 is 9.72 Å². The number of nitrogens with zero attached hydrogens (tertiary/aromatic N) is 3. The van der Waals surface area contributed by atoms with Crippen LogP contribution in [0.25, 0.3) is 0 Å². The van der Waals surface area contributed by atoms with E-state index in [1.54, 1.807) is 6.07 Å². The van der Waals surface area contributed by atoms with Gasteiger partial charge in [-0.3, -0.25) is 10.1 Å². The van der Waals surface area contributed by atoms with Gasteiger partial charge in [0.2, 0.25) is 0 Å². The van der Waals surface area contributed by atoms with E-state index in [2.05, 4.69) is 10.3 Å². The van der Waals surface area contributed by atoms with Crippen molar-refractivity contribution in [1.82, 2.24) is 5.32 Å². The Balaban J connectivity index is 2.27. The summed E-state index contributed by atoms with van der Waals surface area (Å²) in [4.78, 5) is 28.0. The monoisotopic (exact) mass is 356 g/mol. The molecule has 7 nitrogen and oxygen atoms in total. The molecule has 124 valence electrons. The molecule has 9 heteroatoms. The summed E-state index contributed by atoms with van der Waals surface area (Å²) >= 11 is 7.65. The molecule has 1 fully saturated rings. The number of amidine groups is 1. The molecule has 1 N–H and O–H groups in total. The third-order valence-electron chi connectivity index (χ3n) is 3.13. The predicted molar refractivity (Wildman–Crippen MR) is 93.6 cm³/mol. The largest absolute Gasteiger partial charge is 0.343 e. The second-order valence-corrected chi connectivity index (χ2v) is 6.87. The molecule has 0 bridgehead atoms. The van der Waals surface area contributed by atoms with Gasteiger partial charge in [0.05, 0.1) is 15.6 Å². The molecule has 23 heavy (non-hydrogen) atoms. The number of halogens is 1. The van der Waals surface area contributed by atoms with Crippen molar-refractivity contribution in [1.29, 1.82) is 0 Å². The molecule has 0 radical (unpaired) electrons. The summed E-state index contributed by atoms with van der Waals surface area (Å²) in [6, 6.07) is 3.88. The number of thioether (sulfide) groups is 1. The smallest absolute Gasteiger partial charge is 0.336 e. The molecule has 1 unspecified atom stereocenters. The van der Waals surface area contributed by atoms with E-state index in [1.807, 2.05) is 18.7 Å². The fourth-order valence-corrected chi connectivity index (χ4v) is 3.39. The van der Waals surface area contributed by atoms with Crippen LogP contribution in [-0.4, -0.2) is 34.5 Å². The number of hydrogen-bond donors (Lipinski definition) is 1. The lowest BCUT2D eigenvalue weighted by molar-refractivity contribution is -0.384. The van der Waals surface area contributed by atoms with Crippen molar-refractivity contribution in [3.8, 4) is 0 Å². The van der Waals surface area contributed by atoms with Gasteiger partial charge in [-0.15, -0.1) is 0 Å². The van der Waals surface area contributed by atoms with Crippen LogP contribution in [-0.2, 0) is 0 Å². The van der Waals surface area contributed by atoms with Gasteiger partial charge in [0.25, 0.3) is 5.69 Å². The lowest BCUT2D eigenvalue weighted by Crippen LogP contribution is -2.28. The number of aliphatic imine (C=N–C) groups is 1. The average Bonchev–Trinajstić information content (AvgIpc) is 2.85. The quantitative estimate of drug-likeness (QED) is 0.657. The minimum absolute atomic E-state index is 0.0715. The zero-order chi connectivity index (χ0) is 17.0. The van der Waals surface area contributed by atoms with E-state index in [4.69, 9.17) is 11.6 Å². The molecule has 1 aromatic carbocycles. The van der Waals surface area contributed by atoms with Gasteiger partial charge in [-0.25, -0.2) is 4.79 Å². The van der Waals surface area contributed by atoms with E-state index in [0.717, 1.165) is 6.42 Å². The number of benzene rings is 1. The van der Waals surface area contributed by atoms with Crippen LogP contribution < -0.4 is 10.2 Å². The van der Waals surface area contributed by atoms with Crippen molar-refractivity contribution in [3.05, 3.63) is 33.3 Å². The summed E-state index contributed by atoms with van der Waals surface area (Å²) in [5, 5.41) is 14.5. The number of rotatable bonds is 4. The first-order valence-electron chi connectivity index (χ1n) is 7.17. The summed E-state index contributed by atoms with van der Waals surface area (Å²) in [6.45, 7) is 5.17. The summed E-state index contributed by atoms with van der Waals surface area (Å²) in [5.74, 6) is 0. The van der Waals surface area contributed by atoms with Crippen molar-refractivity contribution >= 4 is 45.9 Å². The number of nitro benzene ring substituents is 1. The average molecular weight is 357 g/mol. The maximum atomic E-state index is 11.8. The molecule has 0 saturated carbocycles. The maximum absolute atomic E-state index is 11.8. The number of urea groups is 1. The minimum atomic E-state index is -0.496. The van der Waals surface area contributed by atoms with Crippen molar-refractivity contribution in [2.75, 3.05) is 18.0 Å². The Bertz CT molecular complexity index is 653. The van der Waals surface area contributed by atoms with Crippen LogP contribution in [0.4, 0.5) is 16.2 Å². The zero-order valence-electron chi connectivity index (χ0n) is 12.8. The van der Waals surface area contributed by atoms with E-state index < -0.39 is 11.0 Å². The van der Waals surface area contributed by atoms with Gasteiger partial charge in [0.15, 0.2) is 5.17 Å². The highest BCUT2D eigenvalue weighted by Gasteiger charge is 2.29. The highest BCUT2D eigenvalue weighted by molar-refractivity contribution is 8.15. The number of nitrogens with one attached hydrogen (secondary N) is 1. The van der Waals surface area contributed by atoms with Crippen LogP contribution >= 0.6 is 23.4 Å². The topological polar surface area (TPSA) is 87.8 Å². The van der Waals surface area contributed by atoms with E-state index in [-0.39, 0.29) is 16.0 Å². The summed E-state index contributed by atoms with van der Waals surface area (Å²) in [5.41, 5.74) is 0.536. The molecule has 0 spiro atoms. The Kier molecular flexibility index (Phi) is 5.84. The normalized spacial score (nSPS) is 19.2. The van der Waals surface area contributed by atoms with Crippen LogP contribution in [0.2, 0.25) is 5.02 Å². The summed E-state index contributed by atoms with van der Waals surface area (Å²) in [7, 11) is 0. The first-order chi connectivity index (χ1) is 10.9. The van der Waals surface area contributed by atoms with Gasteiger partial charge < -0.3 is 10.2 Å². The highest BCUT2D eigenvalue weighted by atomic mass is 35.5. The van der Waals surface area contributed by atoms with Gasteiger partial charge in [0, 0.05) is 30.5 Å². The summed E-state index contributed by atoms with van der Waals surface area (Å²) < 4.78 is 0. The SMILES string of the molecule is CCCNC(=O)/N=C1\SC(C)CN1c1ccc([N+](=O)[O-])cc1Cl. The van der Waals surface area contributed by atoms with Crippen molar-refractivity contribution in [2.24, 2.45) is 4.99 Å². The molecule has 1 aliphatic heterocycles. The Morgan fingerprint density at radius 3 is 2.96 bits per heavy atom. The number of nitro groups is 1. The standard InChI is InChI=1S/C14H17ClN4O3S/c1-3-6-16-13(20)17-14-18(8-9(2)23-14)12-5-4-10(19(21)22)7-11(12)15/h4-5,7,9H,3,6,8H2,1-2H3,(H,16,20)/b17-14-. The maximum Gasteiger partial charge on any atom is 0.343 e.